The van der Waals surface area contributed by atoms with Crippen LogP contribution in [0.3, 0.4) is 0 Å². The number of carbonyl (C=O) groups is 2. The second kappa shape index (κ2) is 7.59. The van der Waals surface area contributed by atoms with E-state index >= 15 is 0 Å². The summed E-state index contributed by atoms with van der Waals surface area (Å²) < 4.78 is 0. The van der Waals surface area contributed by atoms with Gasteiger partial charge in [0.25, 0.3) is 5.91 Å². The SMILES string of the molecule is CC(=O)c1ccc(C(O)C(CO)NC(=O)C(Cl)Cl)cc1. The highest BCUT2D eigenvalue weighted by molar-refractivity contribution is 6.53. The van der Waals surface area contributed by atoms with Crippen LogP contribution in [0.4, 0.5) is 0 Å². The molecule has 1 rings (SSSR count). The van der Waals surface area contributed by atoms with Gasteiger partial charge in [-0.3, -0.25) is 9.59 Å². The Bertz CT molecular complexity index is 476. The van der Waals surface area contributed by atoms with Crippen molar-refractivity contribution in [1.29, 1.82) is 0 Å². The normalized spacial score (nSPS) is 13.9. The number of hydrogen-bond acceptors (Lipinski definition) is 4. The van der Waals surface area contributed by atoms with E-state index in [2.05, 4.69) is 5.32 Å². The summed E-state index contributed by atoms with van der Waals surface area (Å²) in [6.45, 7) is 0.950. The van der Waals surface area contributed by atoms with Crippen LogP contribution in [-0.2, 0) is 4.79 Å². The van der Waals surface area contributed by atoms with E-state index < -0.39 is 29.5 Å². The van der Waals surface area contributed by atoms with Gasteiger partial charge >= 0.3 is 0 Å². The van der Waals surface area contributed by atoms with E-state index in [1.807, 2.05) is 0 Å². The molecule has 0 aromatic heterocycles. The second-order valence-electron chi connectivity index (χ2n) is 4.22. The predicted molar refractivity (Wildman–Crippen MR) is 75.9 cm³/mol. The molecule has 0 aliphatic rings. The van der Waals surface area contributed by atoms with Crippen LogP contribution >= 0.6 is 23.2 Å². The first-order valence-corrected chi connectivity index (χ1v) is 6.72. The Morgan fingerprint density at radius 1 is 1.25 bits per heavy atom. The number of alkyl halides is 2. The number of hydrogen-bond donors (Lipinski definition) is 3. The van der Waals surface area contributed by atoms with Gasteiger partial charge in [-0.2, -0.15) is 0 Å². The summed E-state index contributed by atoms with van der Waals surface area (Å²) in [5, 5.41) is 21.6. The number of halogens is 2. The summed E-state index contributed by atoms with van der Waals surface area (Å²) in [4.78, 5) is 21.2. The van der Waals surface area contributed by atoms with Gasteiger partial charge in [0.2, 0.25) is 0 Å². The van der Waals surface area contributed by atoms with Crippen molar-refractivity contribution in [3.63, 3.8) is 0 Å². The fraction of sp³-hybridized carbons (Fsp3) is 0.385. The zero-order chi connectivity index (χ0) is 15.3. The number of aliphatic hydroxyl groups excluding tert-OH is 2. The van der Waals surface area contributed by atoms with Gasteiger partial charge in [0.1, 0.15) is 6.10 Å². The van der Waals surface area contributed by atoms with Crippen molar-refractivity contribution in [3.05, 3.63) is 35.4 Å². The molecular formula is C13H15Cl2NO4. The van der Waals surface area contributed by atoms with Crippen LogP contribution in [0.25, 0.3) is 0 Å². The quantitative estimate of drug-likeness (QED) is 0.543. The first-order chi connectivity index (χ1) is 9.36. The van der Waals surface area contributed by atoms with Crippen molar-refractivity contribution in [2.24, 2.45) is 0 Å². The van der Waals surface area contributed by atoms with E-state index in [1.54, 1.807) is 24.3 Å². The zero-order valence-corrected chi connectivity index (χ0v) is 12.2. The Labute approximate surface area is 126 Å². The second-order valence-corrected chi connectivity index (χ2v) is 5.32. The lowest BCUT2D eigenvalue weighted by Gasteiger charge is -2.23. The summed E-state index contributed by atoms with van der Waals surface area (Å²) in [5.41, 5.74) is 0.960. The highest BCUT2D eigenvalue weighted by atomic mass is 35.5. The Hall–Kier alpha value is -1.14. The van der Waals surface area contributed by atoms with E-state index in [-0.39, 0.29) is 5.78 Å². The molecule has 0 spiro atoms. The number of carbonyl (C=O) groups excluding carboxylic acids is 2. The lowest BCUT2D eigenvalue weighted by atomic mass is 10.0. The average molecular weight is 320 g/mol. The summed E-state index contributed by atoms with van der Waals surface area (Å²) in [7, 11) is 0. The molecule has 0 heterocycles. The van der Waals surface area contributed by atoms with Gasteiger partial charge in [0.15, 0.2) is 10.6 Å². The number of amides is 1. The van der Waals surface area contributed by atoms with Crippen LogP contribution in [-0.4, -0.2) is 39.4 Å². The molecule has 3 N–H and O–H groups in total. The standard InChI is InChI=1S/C13H15Cl2NO4/c1-7(18)8-2-4-9(5-3-8)11(19)10(6-17)16-13(20)12(14)15/h2-5,10-12,17,19H,6H2,1H3,(H,16,20). The molecule has 1 amide bonds. The highest BCUT2D eigenvalue weighted by Crippen LogP contribution is 2.18. The lowest BCUT2D eigenvalue weighted by Crippen LogP contribution is -2.44. The topological polar surface area (TPSA) is 86.6 Å². The first kappa shape index (κ1) is 16.9. The number of aliphatic hydroxyl groups is 2. The molecule has 1 aromatic carbocycles. The van der Waals surface area contributed by atoms with Crippen LogP contribution in [0, 0.1) is 0 Å². The molecule has 0 fully saturated rings. The van der Waals surface area contributed by atoms with Gasteiger partial charge in [-0.25, -0.2) is 0 Å². The third-order valence-electron chi connectivity index (χ3n) is 2.76. The van der Waals surface area contributed by atoms with Crippen LogP contribution < -0.4 is 5.32 Å². The zero-order valence-electron chi connectivity index (χ0n) is 10.7. The number of rotatable bonds is 6. The van der Waals surface area contributed by atoms with E-state index in [0.29, 0.717) is 11.1 Å². The van der Waals surface area contributed by atoms with Crippen molar-refractivity contribution in [3.8, 4) is 0 Å². The maximum atomic E-state index is 11.3. The first-order valence-electron chi connectivity index (χ1n) is 5.85. The minimum Gasteiger partial charge on any atom is -0.394 e. The van der Waals surface area contributed by atoms with Crippen molar-refractivity contribution in [2.45, 2.75) is 23.9 Å². The fourth-order valence-electron chi connectivity index (χ4n) is 1.62. The largest absolute Gasteiger partial charge is 0.394 e. The van der Waals surface area contributed by atoms with E-state index in [1.165, 1.54) is 6.92 Å². The number of benzene rings is 1. The monoisotopic (exact) mass is 319 g/mol. The Kier molecular flexibility index (Phi) is 6.42. The molecule has 1 aromatic rings. The van der Waals surface area contributed by atoms with Gasteiger partial charge < -0.3 is 15.5 Å². The molecule has 7 heteroatoms. The average Bonchev–Trinajstić information content (AvgIpc) is 2.43. The Morgan fingerprint density at radius 2 is 1.80 bits per heavy atom. The van der Waals surface area contributed by atoms with Gasteiger partial charge in [0.05, 0.1) is 12.6 Å². The smallest absolute Gasteiger partial charge is 0.253 e. The Morgan fingerprint density at radius 3 is 2.20 bits per heavy atom. The molecule has 0 aliphatic carbocycles. The molecule has 20 heavy (non-hydrogen) atoms. The molecule has 5 nitrogen and oxygen atoms in total. The van der Waals surface area contributed by atoms with Crippen LogP contribution in [0.15, 0.2) is 24.3 Å². The van der Waals surface area contributed by atoms with Gasteiger partial charge in [-0.1, -0.05) is 47.5 Å². The predicted octanol–water partition coefficient (Wildman–Crippen LogP) is 1.20. The molecule has 110 valence electrons. The molecule has 0 radical (unpaired) electrons. The lowest BCUT2D eigenvalue weighted by molar-refractivity contribution is -0.121. The summed E-state index contributed by atoms with van der Waals surface area (Å²) in [6.07, 6.45) is -1.14. The maximum Gasteiger partial charge on any atom is 0.253 e. The van der Waals surface area contributed by atoms with Gasteiger partial charge in [-0.15, -0.1) is 0 Å². The summed E-state index contributed by atoms with van der Waals surface area (Å²) in [5.74, 6) is -0.794. The van der Waals surface area contributed by atoms with Crippen molar-refractivity contribution >= 4 is 34.9 Å². The molecule has 0 saturated carbocycles. The highest BCUT2D eigenvalue weighted by Gasteiger charge is 2.24. The van der Waals surface area contributed by atoms with Gasteiger partial charge in [-0.05, 0) is 12.5 Å². The van der Waals surface area contributed by atoms with Crippen LogP contribution in [0.2, 0.25) is 0 Å². The third-order valence-corrected chi connectivity index (χ3v) is 3.16. The van der Waals surface area contributed by atoms with Crippen molar-refractivity contribution in [2.75, 3.05) is 6.61 Å². The van der Waals surface area contributed by atoms with Crippen LogP contribution in [0.5, 0.6) is 0 Å². The van der Waals surface area contributed by atoms with E-state index in [0.717, 1.165) is 0 Å². The van der Waals surface area contributed by atoms with Crippen molar-refractivity contribution in [1.82, 2.24) is 5.32 Å². The van der Waals surface area contributed by atoms with Crippen LogP contribution in [0.1, 0.15) is 28.9 Å². The van der Waals surface area contributed by atoms with Crippen molar-refractivity contribution < 1.29 is 19.8 Å². The number of nitrogens with one attached hydrogen (secondary N) is 1. The molecule has 0 aliphatic heterocycles. The van der Waals surface area contributed by atoms with Gasteiger partial charge in [0, 0.05) is 5.56 Å². The Balaban J connectivity index is 2.82. The molecule has 2 unspecified atom stereocenters. The molecule has 0 saturated heterocycles. The van der Waals surface area contributed by atoms with E-state index in [9.17, 15) is 19.8 Å². The summed E-state index contributed by atoms with van der Waals surface area (Å²) in [6, 6.07) is 5.28. The molecule has 0 bridgehead atoms. The minimum atomic E-state index is -1.28. The minimum absolute atomic E-state index is 0.0924. The third kappa shape index (κ3) is 4.45. The molecular weight excluding hydrogens is 305 g/mol. The maximum absolute atomic E-state index is 11.3. The van der Waals surface area contributed by atoms with E-state index in [4.69, 9.17) is 23.2 Å². The number of ketones is 1. The summed E-state index contributed by atoms with van der Waals surface area (Å²) >= 11 is 10.8. The molecule has 2 atom stereocenters. The fourth-order valence-corrected chi connectivity index (χ4v) is 1.74. The number of Topliss-reactive ketones (excluding diaryl/α,β-unsaturated/α-hetero) is 1.